The molecule has 0 fully saturated rings. The summed E-state index contributed by atoms with van der Waals surface area (Å²) in [6.45, 7) is 4.44. The van der Waals surface area contributed by atoms with E-state index in [0.29, 0.717) is 11.8 Å². The van der Waals surface area contributed by atoms with Crippen LogP contribution in [0.2, 0.25) is 0 Å². The van der Waals surface area contributed by atoms with Gasteiger partial charge in [-0.3, -0.25) is 4.79 Å². The topological polar surface area (TPSA) is 22.0 Å². The first-order valence-corrected chi connectivity index (χ1v) is 5.97. The van der Waals surface area contributed by atoms with Crippen LogP contribution in [0.4, 0.5) is 0 Å². The average Bonchev–Trinajstić information content (AvgIpc) is 2.63. The molecule has 0 bridgehead atoms. The molecule has 15 heavy (non-hydrogen) atoms. The van der Waals surface area contributed by atoms with Gasteiger partial charge in [-0.15, -0.1) is 0 Å². The molecule has 2 rings (SSSR count). The summed E-state index contributed by atoms with van der Waals surface area (Å²) in [6.07, 6.45) is 7.31. The Labute approximate surface area is 91.3 Å². The molecule has 0 spiro atoms. The number of carbonyl (C=O) groups excluding carboxylic acids is 1. The lowest BCUT2D eigenvalue weighted by atomic mass is 9.96. The largest absolute Gasteiger partial charge is 0.348 e. The van der Waals surface area contributed by atoms with Gasteiger partial charge in [0.05, 0.1) is 0 Å². The summed E-state index contributed by atoms with van der Waals surface area (Å²) < 4.78 is 2.30. The molecule has 0 N–H and O–H groups in total. The van der Waals surface area contributed by atoms with Crippen molar-refractivity contribution in [1.82, 2.24) is 4.57 Å². The van der Waals surface area contributed by atoms with Crippen LogP contribution in [0.25, 0.3) is 0 Å². The molecule has 0 saturated heterocycles. The van der Waals surface area contributed by atoms with E-state index >= 15 is 0 Å². The van der Waals surface area contributed by atoms with E-state index in [4.69, 9.17) is 0 Å². The van der Waals surface area contributed by atoms with Gasteiger partial charge in [0.1, 0.15) is 0 Å². The zero-order chi connectivity index (χ0) is 10.8. The van der Waals surface area contributed by atoms with Gasteiger partial charge in [-0.25, -0.2) is 0 Å². The van der Waals surface area contributed by atoms with Gasteiger partial charge in [-0.2, -0.15) is 0 Å². The number of hydrogen-bond acceptors (Lipinski definition) is 1. The number of fused-ring (bicyclic) bond motifs is 1. The van der Waals surface area contributed by atoms with E-state index < -0.39 is 0 Å². The summed E-state index contributed by atoms with van der Waals surface area (Å²) in [7, 11) is 0. The Kier molecular flexibility index (Phi) is 2.94. The van der Waals surface area contributed by atoms with Gasteiger partial charge in [0.2, 0.25) is 0 Å². The van der Waals surface area contributed by atoms with E-state index in [1.165, 1.54) is 18.5 Å². The molecular weight excluding hydrogens is 186 g/mol. The maximum absolute atomic E-state index is 11.7. The standard InChI is InChI=1S/C13H19NO/c1-3-5-10(2)14-9-8-11-12(14)6-4-7-13(11)15/h8-10H,3-7H2,1-2H3. The minimum Gasteiger partial charge on any atom is -0.348 e. The smallest absolute Gasteiger partial charge is 0.164 e. The van der Waals surface area contributed by atoms with Crippen LogP contribution in [0.15, 0.2) is 12.3 Å². The fourth-order valence-electron chi connectivity index (χ4n) is 2.52. The Hall–Kier alpha value is -1.05. The second kappa shape index (κ2) is 4.21. The van der Waals surface area contributed by atoms with Crippen LogP contribution in [-0.2, 0) is 6.42 Å². The highest BCUT2D eigenvalue weighted by Crippen LogP contribution is 2.26. The zero-order valence-electron chi connectivity index (χ0n) is 9.62. The normalized spacial score (nSPS) is 17.6. The molecule has 0 radical (unpaired) electrons. The van der Waals surface area contributed by atoms with Crippen molar-refractivity contribution in [1.29, 1.82) is 0 Å². The van der Waals surface area contributed by atoms with E-state index in [2.05, 4.69) is 24.6 Å². The van der Waals surface area contributed by atoms with E-state index in [9.17, 15) is 4.79 Å². The number of ketones is 1. The van der Waals surface area contributed by atoms with Crippen molar-refractivity contribution in [3.05, 3.63) is 23.5 Å². The molecule has 0 aliphatic heterocycles. The monoisotopic (exact) mass is 205 g/mol. The molecular formula is C13H19NO. The average molecular weight is 205 g/mol. The van der Waals surface area contributed by atoms with Crippen LogP contribution >= 0.6 is 0 Å². The van der Waals surface area contributed by atoms with Gasteiger partial charge in [0.25, 0.3) is 0 Å². The molecule has 1 aromatic rings. The molecule has 0 aromatic carbocycles. The van der Waals surface area contributed by atoms with E-state index in [1.807, 2.05) is 6.07 Å². The molecule has 1 heterocycles. The maximum Gasteiger partial charge on any atom is 0.164 e. The van der Waals surface area contributed by atoms with E-state index in [-0.39, 0.29) is 0 Å². The lowest BCUT2D eigenvalue weighted by Crippen LogP contribution is -2.15. The van der Waals surface area contributed by atoms with Crippen LogP contribution in [0, 0.1) is 0 Å². The predicted octanol–water partition coefficient (Wildman–Crippen LogP) is 3.37. The third kappa shape index (κ3) is 1.85. The predicted molar refractivity (Wildman–Crippen MR) is 61.3 cm³/mol. The molecule has 82 valence electrons. The van der Waals surface area contributed by atoms with Crippen molar-refractivity contribution in [3.8, 4) is 0 Å². The summed E-state index contributed by atoms with van der Waals surface area (Å²) in [5.74, 6) is 0.332. The lowest BCUT2D eigenvalue weighted by Gasteiger charge is -2.19. The molecule has 1 unspecified atom stereocenters. The third-order valence-electron chi connectivity index (χ3n) is 3.32. The van der Waals surface area contributed by atoms with Gasteiger partial charge < -0.3 is 4.57 Å². The summed E-state index contributed by atoms with van der Waals surface area (Å²) in [5.41, 5.74) is 2.25. The molecule has 2 heteroatoms. The summed E-state index contributed by atoms with van der Waals surface area (Å²) in [4.78, 5) is 11.7. The molecule has 1 aliphatic rings. The first kappa shape index (κ1) is 10.5. The van der Waals surface area contributed by atoms with Gasteiger partial charge in [0.15, 0.2) is 5.78 Å². The Balaban J connectivity index is 2.30. The SMILES string of the molecule is CCCC(C)n1ccc2c1CCCC2=O. The highest BCUT2D eigenvalue weighted by molar-refractivity contribution is 5.98. The molecule has 0 saturated carbocycles. The van der Waals surface area contributed by atoms with Crippen LogP contribution in [0.5, 0.6) is 0 Å². The Morgan fingerprint density at radius 3 is 3.00 bits per heavy atom. The number of nitrogens with zero attached hydrogens (tertiary/aromatic N) is 1. The first-order chi connectivity index (χ1) is 7.24. The van der Waals surface area contributed by atoms with Gasteiger partial charge in [0, 0.05) is 29.9 Å². The lowest BCUT2D eigenvalue weighted by molar-refractivity contribution is 0.0971. The first-order valence-electron chi connectivity index (χ1n) is 5.97. The van der Waals surface area contributed by atoms with Crippen molar-refractivity contribution in [2.24, 2.45) is 0 Å². The van der Waals surface area contributed by atoms with Gasteiger partial charge in [-0.1, -0.05) is 13.3 Å². The maximum atomic E-state index is 11.7. The Morgan fingerprint density at radius 2 is 2.27 bits per heavy atom. The third-order valence-corrected chi connectivity index (χ3v) is 3.32. The van der Waals surface area contributed by atoms with Crippen LogP contribution in [0.3, 0.4) is 0 Å². The highest BCUT2D eigenvalue weighted by Gasteiger charge is 2.21. The molecule has 1 aromatic heterocycles. The Bertz CT molecular complexity index is 365. The minimum atomic E-state index is 0.332. The molecule has 0 amide bonds. The van der Waals surface area contributed by atoms with Crippen LogP contribution < -0.4 is 0 Å². The summed E-state index contributed by atoms with van der Waals surface area (Å²) in [6, 6.07) is 2.54. The number of carbonyl (C=O) groups is 1. The van der Waals surface area contributed by atoms with E-state index in [1.54, 1.807) is 0 Å². The zero-order valence-corrected chi connectivity index (χ0v) is 9.62. The van der Waals surface area contributed by atoms with Crippen molar-refractivity contribution in [2.45, 2.75) is 52.0 Å². The molecule has 2 nitrogen and oxygen atoms in total. The fourth-order valence-corrected chi connectivity index (χ4v) is 2.52. The van der Waals surface area contributed by atoms with Crippen LogP contribution in [-0.4, -0.2) is 10.4 Å². The van der Waals surface area contributed by atoms with E-state index in [0.717, 1.165) is 24.8 Å². The number of rotatable bonds is 3. The van der Waals surface area contributed by atoms with Crippen molar-refractivity contribution < 1.29 is 4.79 Å². The second-order valence-corrected chi connectivity index (χ2v) is 4.50. The quantitative estimate of drug-likeness (QED) is 0.741. The van der Waals surface area contributed by atoms with Gasteiger partial charge in [-0.05, 0) is 32.3 Å². The van der Waals surface area contributed by atoms with Crippen molar-refractivity contribution in [3.63, 3.8) is 0 Å². The second-order valence-electron chi connectivity index (χ2n) is 4.50. The van der Waals surface area contributed by atoms with Crippen molar-refractivity contribution in [2.75, 3.05) is 0 Å². The van der Waals surface area contributed by atoms with Gasteiger partial charge >= 0.3 is 0 Å². The van der Waals surface area contributed by atoms with Crippen molar-refractivity contribution >= 4 is 5.78 Å². The molecule has 1 aliphatic carbocycles. The number of Topliss-reactive ketones (excluding diaryl/α,β-unsaturated/α-hetero) is 1. The number of hydrogen-bond donors (Lipinski definition) is 0. The highest BCUT2D eigenvalue weighted by atomic mass is 16.1. The number of aromatic nitrogens is 1. The summed E-state index contributed by atoms with van der Waals surface area (Å²) in [5, 5.41) is 0. The van der Waals surface area contributed by atoms with Crippen LogP contribution in [0.1, 0.15) is 61.6 Å². The fraction of sp³-hybridized carbons (Fsp3) is 0.615. The Morgan fingerprint density at radius 1 is 1.47 bits per heavy atom. The summed E-state index contributed by atoms with van der Waals surface area (Å²) >= 11 is 0. The molecule has 1 atom stereocenters. The minimum absolute atomic E-state index is 0.332.